The fraction of sp³-hybridized carbons (Fsp3) is 0.421. The van der Waals surface area contributed by atoms with Crippen LogP contribution in [0.1, 0.15) is 40.2 Å². The number of halogens is 3. The summed E-state index contributed by atoms with van der Waals surface area (Å²) in [6.45, 7) is 10.8. The minimum Gasteiger partial charge on any atom is -0.340 e. The number of nitrogens with two attached hydrogens (primary N) is 1. The van der Waals surface area contributed by atoms with Gasteiger partial charge < -0.3 is 11.1 Å². The Balaban J connectivity index is 0.00000288. The molecule has 0 spiro atoms. The molecule has 0 radical (unpaired) electrons. The molecule has 0 saturated carbocycles. The zero-order valence-corrected chi connectivity index (χ0v) is 17.7. The Morgan fingerprint density at radius 3 is 2.16 bits per heavy atom. The van der Waals surface area contributed by atoms with Crippen LogP contribution in [0.4, 0.5) is 11.5 Å². The molecule has 0 aliphatic carbocycles. The van der Waals surface area contributed by atoms with Crippen molar-refractivity contribution in [2.75, 3.05) is 5.32 Å². The van der Waals surface area contributed by atoms with E-state index in [-0.39, 0.29) is 41.7 Å². The lowest BCUT2D eigenvalue weighted by atomic mass is 9.68. The van der Waals surface area contributed by atoms with Gasteiger partial charge in [0.05, 0.1) is 0 Å². The van der Waals surface area contributed by atoms with Crippen LogP contribution in [0.2, 0.25) is 5.02 Å². The predicted octanol–water partition coefficient (Wildman–Crippen LogP) is 5.97. The van der Waals surface area contributed by atoms with Gasteiger partial charge in [0.2, 0.25) is 0 Å². The third kappa shape index (κ3) is 6.03. The van der Waals surface area contributed by atoms with Crippen LogP contribution in [-0.4, -0.2) is 11.0 Å². The van der Waals surface area contributed by atoms with Crippen LogP contribution >= 0.6 is 36.4 Å². The lowest BCUT2D eigenvalue weighted by molar-refractivity contribution is 0.226. The van der Waals surface area contributed by atoms with Gasteiger partial charge in [0.25, 0.3) is 0 Å². The van der Waals surface area contributed by atoms with Crippen molar-refractivity contribution in [2.45, 2.75) is 46.1 Å². The van der Waals surface area contributed by atoms with Crippen LogP contribution in [0.5, 0.6) is 0 Å². The Morgan fingerprint density at radius 1 is 1.04 bits per heavy atom. The summed E-state index contributed by atoms with van der Waals surface area (Å²) in [6.07, 6.45) is 1.90. The second-order valence-electron chi connectivity index (χ2n) is 7.63. The summed E-state index contributed by atoms with van der Waals surface area (Å²) >= 11 is 6.00. The molecule has 0 amide bonds. The average Bonchev–Trinajstić information content (AvgIpc) is 2.46. The summed E-state index contributed by atoms with van der Waals surface area (Å²) in [5.41, 5.74) is 8.41. The van der Waals surface area contributed by atoms with Gasteiger partial charge in [0.1, 0.15) is 5.82 Å². The number of aromatic nitrogens is 1. The van der Waals surface area contributed by atoms with E-state index in [0.29, 0.717) is 5.02 Å². The van der Waals surface area contributed by atoms with E-state index in [2.05, 4.69) is 51.0 Å². The van der Waals surface area contributed by atoms with E-state index in [1.165, 1.54) is 0 Å². The summed E-state index contributed by atoms with van der Waals surface area (Å²) < 4.78 is 0. The van der Waals surface area contributed by atoms with Gasteiger partial charge in [-0.2, -0.15) is 0 Å². The Bertz CT molecular complexity index is 664. The zero-order valence-electron chi connectivity index (χ0n) is 15.3. The lowest BCUT2D eigenvalue weighted by Gasteiger charge is -2.40. The number of nitrogens with one attached hydrogen (secondary N) is 1. The van der Waals surface area contributed by atoms with E-state index in [1.54, 1.807) is 0 Å². The van der Waals surface area contributed by atoms with Gasteiger partial charge in [-0.25, -0.2) is 4.98 Å². The summed E-state index contributed by atoms with van der Waals surface area (Å²) in [5, 5.41) is 3.95. The number of anilines is 2. The van der Waals surface area contributed by atoms with Crippen LogP contribution < -0.4 is 11.1 Å². The Hall–Kier alpha value is -1.000. The normalized spacial score (nSPS) is 12.6. The largest absolute Gasteiger partial charge is 0.340 e. The maximum Gasteiger partial charge on any atom is 0.130 e. The second kappa shape index (κ2) is 9.09. The van der Waals surface area contributed by atoms with Crippen molar-refractivity contribution in [3.05, 3.63) is 53.2 Å². The van der Waals surface area contributed by atoms with Crippen LogP contribution in [-0.2, 0) is 5.41 Å². The van der Waals surface area contributed by atoms with Crippen molar-refractivity contribution < 1.29 is 0 Å². The molecule has 1 aromatic carbocycles. The first kappa shape index (κ1) is 24.0. The molecule has 0 bridgehead atoms. The number of hydrogen-bond donors (Lipinski definition) is 2. The fourth-order valence-electron chi connectivity index (χ4n) is 2.83. The monoisotopic (exact) mass is 403 g/mol. The first-order valence-corrected chi connectivity index (χ1v) is 8.23. The predicted molar refractivity (Wildman–Crippen MR) is 114 cm³/mol. The van der Waals surface area contributed by atoms with Crippen LogP contribution in [0.25, 0.3) is 0 Å². The molecular formula is C19H28Cl3N3. The van der Waals surface area contributed by atoms with Crippen molar-refractivity contribution in [3.63, 3.8) is 0 Å². The van der Waals surface area contributed by atoms with Gasteiger partial charge >= 0.3 is 0 Å². The summed E-state index contributed by atoms with van der Waals surface area (Å²) in [5.74, 6) is 0.788. The van der Waals surface area contributed by atoms with Gasteiger partial charge in [-0.15, -0.1) is 24.8 Å². The molecule has 0 aliphatic rings. The highest BCUT2D eigenvalue weighted by molar-refractivity contribution is 6.30. The minimum atomic E-state index is -0.153. The number of hydrogen-bond acceptors (Lipinski definition) is 3. The number of pyridine rings is 1. The van der Waals surface area contributed by atoms with E-state index >= 15 is 0 Å². The van der Waals surface area contributed by atoms with Crippen molar-refractivity contribution in [2.24, 2.45) is 11.1 Å². The number of nitrogens with zero attached hydrogens (tertiary/aromatic N) is 1. The van der Waals surface area contributed by atoms with Crippen molar-refractivity contribution in [1.29, 1.82) is 0 Å². The van der Waals surface area contributed by atoms with Gasteiger partial charge in [0.15, 0.2) is 0 Å². The molecule has 25 heavy (non-hydrogen) atoms. The molecule has 1 unspecified atom stereocenters. The molecule has 3 N–H and O–H groups in total. The molecule has 2 rings (SSSR count). The van der Waals surface area contributed by atoms with E-state index in [4.69, 9.17) is 17.3 Å². The van der Waals surface area contributed by atoms with Crippen LogP contribution in [0.15, 0.2) is 42.6 Å². The third-order valence-corrected chi connectivity index (χ3v) is 4.55. The molecule has 140 valence electrons. The average molecular weight is 405 g/mol. The Labute approximate surface area is 168 Å². The van der Waals surface area contributed by atoms with Gasteiger partial charge in [-0.3, -0.25) is 0 Å². The molecule has 0 aliphatic heterocycles. The minimum absolute atomic E-state index is 0. The van der Waals surface area contributed by atoms with Crippen molar-refractivity contribution in [3.8, 4) is 0 Å². The van der Waals surface area contributed by atoms with Crippen LogP contribution in [0, 0.1) is 5.41 Å². The second-order valence-corrected chi connectivity index (χ2v) is 8.07. The highest BCUT2D eigenvalue weighted by Gasteiger charge is 2.36. The smallest absolute Gasteiger partial charge is 0.130 e. The first-order valence-electron chi connectivity index (χ1n) is 7.85. The molecule has 1 heterocycles. The van der Waals surface area contributed by atoms with Crippen molar-refractivity contribution >= 4 is 47.9 Å². The van der Waals surface area contributed by atoms with E-state index < -0.39 is 0 Å². The summed E-state index contributed by atoms with van der Waals surface area (Å²) in [4.78, 5) is 4.52. The van der Waals surface area contributed by atoms with E-state index in [1.807, 2.05) is 36.5 Å². The summed E-state index contributed by atoms with van der Waals surface area (Å²) in [7, 11) is 0. The molecule has 2 aromatic rings. The summed E-state index contributed by atoms with van der Waals surface area (Å²) in [6, 6.07) is 11.7. The standard InChI is InChI=1S/C19H26ClN3.2ClH/c1-18(2,3)17(21)19(4,5)13-9-10-16(22-12-13)23-15-8-6-7-14(20)11-15;;/h6-12,17H,21H2,1-5H3,(H,22,23);2*1H. The molecular weight excluding hydrogens is 377 g/mol. The Kier molecular flexibility index (Phi) is 8.72. The van der Waals surface area contributed by atoms with Crippen LogP contribution in [0.3, 0.4) is 0 Å². The third-order valence-electron chi connectivity index (χ3n) is 4.32. The van der Waals surface area contributed by atoms with Gasteiger partial charge in [0, 0.05) is 28.4 Å². The fourth-order valence-corrected chi connectivity index (χ4v) is 3.02. The quantitative estimate of drug-likeness (QED) is 0.659. The highest BCUT2D eigenvalue weighted by Crippen LogP contribution is 2.35. The topological polar surface area (TPSA) is 50.9 Å². The molecule has 0 fully saturated rings. The molecule has 0 saturated heterocycles. The molecule has 3 nitrogen and oxygen atoms in total. The zero-order chi connectivity index (χ0) is 17.3. The van der Waals surface area contributed by atoms with E-state index in [0.717, 1.165) is 17.1 Å². The number of benzene rings is 1. The molecule has 1 atom stereocenters. The number of rotatable bonds is 4. The highest BCUT2D eigenvalue weighted by atomic mass is 35.5. The van der Waals surface area contributed by atoms with Crippen molar-refractivity contribution in [1.82, 2.24) is 4.98 Å². The molecule has 1 aromatic heterocycles. The Morgan fingerprint density at radius 2 is 1.68 bits per heavy atom. The van der Waals surface area contributed by atoms with Gasteiger partial charge in [-0.05, 0) is 35.2 Å². The molecule has 6 heteroatoms. The van der Waals surface area contributed by atoms with E-state index in [9.17, 15) is 0 Å². The SMILES string of the molecule is CC(C)(C)C(N)C(C)(C)c1ccc(Nc2cccc(Cl)c2)nc1.Cl.Cl. The first-order chi connectivity index (χ1) is 10.6. The lowest BCUT2D eigenvalue weighted by Crippen LogP contribution is -2.49. The maximum atomic E-state index is 6.48. The maximum absolute atomic E-state index is 6.48. The van der Waals surface area contributed by atoms with Gasteiger partial charge in [-0.1, -0.05) is 58.4 Å².